The molecule has 0 bridgehead atoms. The molecule has 0 radical (unpaired) electrons. The lowest BCUT2D eigenvalue weighted by Gasteiger charge is -2.08. The number of halogens is 1. The van der Waals surface area contributed by atoms with E-state index in [2.05, 4.69) is 21.2 Å². The lowest BCUT2D eigenvalue weighted by atomic mass is 10.1. The Morgan fingerprint density at radius 2 is 1.77 bits per heavy atom. The van der Waals surface area contributed by atoms with Gasteiger partial charge in [0, 0.05) is 4.47 Å². The molecule has 0 aliphatic rings. The number of amides is 1. The molecule has 0 aliphatic heterocycles. The predicted octanol–water partition coefficient (Wildman–Crippen LogP) is 3.81. The van der Waals surface area contributed by atoms with Crippen molar-refractivity contribution in [1.82, 2.24) is 0 Å². The summed E-state index contributed by atoms with van der Waals surface area (Å²) in [5.41, 5.74) is 2.21. The highest BCUT2D eigenvalue weighted by molar-refractivity contribution is 9.10. The van der Waals surface area contributed by atoms with Gasteiger partial charge in [0.1, 0.15) is 0 Å². The minimum absolute atomic E-state index is 0.324. The fourth-order valence-corrected chi connectivity index (χ4v) is 2.22. The van der Waals surface area contributed by atoms with E-state index in [0.717, 1.165) is 16.5 Å². The molecule has 2 aromatic carbocycles. The second kappa shape index (κ2) is 7.75. The van der Waals surface area contributed by atoms with Crippen LogP contribution in [0.3, 0.4) is 0 Å². The number of ether oxygens (including phenoxy) is 1. The first-order valence-electron chi connectivity index (χ1n) is 6.90. The second-order valence-corrected chi connectivity index (χ2v) is 5.51. The third-order valence-corrected chi connectivity index (χ3v) is 3.77. The van der Waals surface area contributed by atoms with Gasteiger partial charge in [0.2, 0.25) is 0 Å². The van der Waals surface area contributed by atoms with Crippen molar-refractivity contribution in [1.29, 1.82) is 0 Å². The summed E-state index contributed by atoms with van der Waals surface area (Å²) in [5, 5.41) is 2.67. The fraction of sp³-hybridized carbons (Fsp3) is 0.176. The van der Waals surface area contributed by atoms with Crippen LogP contribution >= 0.6 is 15.9 Å². The van der Waals surface area contributed by atoms with Crippen LogP contribution in [0.5, 0.6) is 0 Å². The Kier molecular flexibility index (Phi) is 5.72. The molecule has 0 aromatic heterocycles. The van der Waals surface area contributed by atoms with Gasteiger partial charge < -0.3 is 10.1 Å². The average molecular weight is 362 g/mol. The number of nitrogens with one attached hydrogen (secondary N) is 1. The number of benzene rings is 2. The summed E-state index contributed by atoms with van der Waals surface area (Å²) in [7, 11) is 0. The largest absolute Gasteiger partial charge is 0.452 e. The normalized spacial score (nSPS) is 10.1. The Balaban J connectivity index is 1.87. The molecule has 2 rings (SSSR count). The third-order valence-electron chi connectivity index (χ3n) is 3.08. The highest BCUT2D eigenvalue weighted by Gasteiger charge is 2.11. The van der Waals surface area contributed by atoms with Crippen LogP contribution in [0.25, 0.3) is 0 Å². The van der Waals surface area contributed by atoms with Crippen LogP contribution in [0.2, 0.25) is 0 Å². The Hall–Kier alpha value is -2.14. The van der Waals surface area contributed by atoms with E-state index in [4.69, 9.17) is 4.74 Å². The standard InChI is InChI=1S/C17H16BrNO3/c1-2-12-7-9-13(10-8-12)17(21)22-11-16(20)19-15-6-4-3-5-14(15)18/h3-10H,2,11H2,1H3,(H,19,20). The number of para-hydroxylation sites is 1. The maximum atomic E-state index is 11.9. The first-order chi connectivity index (χ1) is 10.6. The van der Waals surface area contributed by atoms with Crippen molar-refractivity contribution in [2.75, 3.05) is 11.9 Å². The molecule has 2 aromatic rings. The summed E-state index contributed by atoms with van der Waals surface area (Å²) in [4.78, 5) is 23.6. The SMILES string of the molecule is CCc1ccc(C(=O)OCC(=O)Nc2ccccc2Br)cc1. The van der Waals surface area contributed by atoms with Crippen molar-refractivity contribution < 1.29 is 14.3 Å². The van der Waals surface area contributed by atoms with E-state index in [-0.39, 0.29) is 12.5 Å². The van der Waals surface area contributed by atoms with Gasteiger partial charge in [-0.15, -0.1) is 0 Å². The highest BCUT2D eigenvalue weighted by atomic mass is 79.9. The fourth-order valence-electron chi connectivity index (χ4n) is 1.84. The molecule has 4 nitrogen and oxygen atoms in total. The zero-order chi connectivity index (χ0) is 15.9. The van der Waals surface area contributed by atoms with E-state index in [1.165, 1.54) is 0 Å². The van der Waals surface area contributed by atoms with Crippen LogP contribution in [0.4, 0.5) is 5.69 Å². The van der Waals surface area contributed by atoms with E-state index in [0.29, 0.717) is 11.3 Å². The molecule has 0 spiro atoms. The number of esters is 1. The van der Waals surface area contributed by atoms with Crippen LogP contribution < -0.4 is 5.32 Å². The molecular weight excluding hydrogens is 346 g/mol. The number of rotatable bonds is 5. The van der Waals surface area contributed by atoms with Crippen LogP contribution in [0.15, 0.2) is 53.0 Å². The molecular formula is C17H16BrNO3. The average Bonchev–Trinajstić information content (AvgIpc) is 2.55. The van der Waals surface area contributed by atoms with Gasteiger partial charge in [-0.05, 0) is 52.2 Å². The monoisotopic (exact) mass is 361 g/mol. The maximum absolute atomic E-state index is 11.9. The van der Waals surface area contributed by atoms with E-state index in [1.807, 2.05) is 37.3 Å². The van der Waals surface area contributed by atoms with Gasteiger partial charge in [0.05, 0.1) is 11.3 Å². The van der Waals surface area contributed by atoms with Gasteiger partial charge in [0.25, 0.3) is 5.91 Å². The van der Waals surface area contributed by atoms with Crippen molar-refractivity contribution in [2.45, 2.75) is 13.3 Å². The number of hydrogen-bond donors (Lipinski definition) is 1. The van der Waals surface area contributed by atoms with Gasteiger partial charge in [-0.1, -0.05) is 31.2 Å². The van der Waals surface area contributed by atoms with Gasteiger partial charge in [-0.25, -0.2) is 4.79 Å². The summed E-state index contributed by atoms with van der Waals surface area (Å²) in [5.74, 6) is -0.893. The summed E-state index contributed by atoms with van der Waals surface area (Å²) < 4.78 is 5.78. The second-order valence-electron chi connectivity index (χ2n) is 4.65. The van der Waals surface area contributed by atoms with E-state index >= 15 is 0 Å². The van der Waals surface area contributed by atoms with Crippen LogP contribution in [-0.2, 0) is 16.0 Å². The van der Waals surface area contributed by atoms with Gasteiger partial charge in [0.15, 0.2) is 6.61 Å². The number of anilines is 1. The Bertz CT molecular complexity index is 668. The van der Waals surface area contributed by atoms with Crippen molar-refractivity contribution in [3.8, 4) is 0 Å². The quantitative estimate of drug-likeness (QED) is 0.823. The lowest BCUT2D eigenvalue weighted by Crippen LogP contribution is -2.21. The van der Waals surface area contributed by atoms with Crippen LogP contribution in [0, 0.1) is 0 Å². The zero-order valence-corrected chi connectivity index (χ0v) is 13.7. The Morgan fingerprint density at radius 1 is 1.09 bits per heavy atom. The molecule has 0 atom stereocenters. The minimum Gasteiger partial charge on any atom is -0.452 e. The molecule has 0 saturated carbocycles. The molecule has 5 heteroatoms. The first kappa shape index (κ1) is 16.2. The number of carbonyl (C=O) groups excluding carboxylic acids is 2. The minimum atomic E-state index is -0.509. The molecule has 0 aliphatic carbocycles. The number of carbonyl (C=O) groups is 2. The summed E-state index contributed by atoms with van der Waals surface area (Å²) in [6.07, 6.45) is 0.906. The van der Waals surface area contributed by atoms with Crippen molar-refractivity contribution in [2.24, 2.45) is 0 Å². The molecule has 1 amide bonds. The zero-order valence-electron chi connectivity index (χ0n) is 12.1. The summed E-state index contributed by atoms with van der Waals surface area (Å²) in [6.45, 7) is 1.72. The molecule has 1 N–H and O–H groups in total. The third kappa shape index (κ3) is 4.43. The van der Waals surface area contributed by atoms with Gasteiger partial charge in [-0.3, -0.25) is 4.79 Å². The van der Waals surface area contributed by atoms with Gasteiger partial charge in [-0.2, -0.15) is 0 Å². The highest BCUT2D eigenvalue weighted by Crippen LogP contribution is 2.20. The molecule has 0 saturated heterocycles. The number of hydrogen-bond acceptors (Lipinski definition) is 3. The Morgan fingerprint density at radius 3 is 2.41 bits per heavy atom. The van der Waals surface area contributed by atoms with Gasteiger partial charge >= 0.3 is 5.97 Å². The van der Waals surface area contributed by atoms with E-state index in [1.54, 1.807) is 18.2 Å². The van der Waals surface area contributed by atoms with Crippen molar-refractivity contribution in [3.63, 3.8) is 0 Å². The molecule has 114 valence electrons. The topological polar surface area (TPSA) is 55.4 Å². The van der Waals surface area contributed by atoms with Crippen LogP contribution in [-0.4, -0.2) is 18.5 Å². The molecule has 0 fully saturated rings. The molecule has 22 heavy (non-hydrogen) atoms. The van der Waals surface area contributed by atoms with Crippen LogP contribution in [0.1, 0.15) is 22.8 Å². The summed E-state index contributed by atoms with van der Waals surface area (Å²) in [6, 6.07) is 14.4. The van der Waals surface area contributed by atoms with Crippen molar-refractivity contribution >= 4 is 33.5 Å². The predicted molar refractivity (Wildman–Crippen MR) is 88.9 cm³/mol. The Labute approximate surface area is 137 Å². The van der Waals surface area contributed by atoms with Crippen molar-refractivity contribution in [3.05, 3.63) is 64.1 Å². The molecule has 0 unspecified atom stereocenters. The number of aryl methyl sites for hydroxylation is 1. The van der Waals surface area contributed by atoms with E-state index in [9.17, 15) is 9.59 Å². The lowest BCUT2D eigenvalue weighted by molar-refractivity contribution is -0.119. The smallest absolute Gasteiger partial charge is 0.338 e. The first-order valence-corrected chi connectivity index (χ1v) is 7.70. The van der Waals surface area contributed by atoms with E-state index < -0.39 is 5.97 Å². The molecule has 0 heterocycles. The summed E-state index contributed by atoms with van der Waals surface area (Å²) >= 11 is 3.33. The maximum Gasteiger partial charge on any atom is 0.338 e.